The molecule has 7 nitrogen and oxygen atoms in total. The van der Waals surface area contributed by atoms with Gasteiger partial charge in [0.15, 0.2) is 0 Å². The van der Waals surface area contributed by atoms with Gasteiger partial charge in [0, 0.05) is 49.3 Å². The molecular weight excluding hydrogens is 473 g/mol. The zero-order valence-corrected chi connectivity index (χ0v) is 20.2. The van der Waals surface area contributed by atoms with Crippen molar-refractivity contribution in [3.8, 4) is 0 Å². The number of aryl methyl sites for hydroxylation is 1. The highest BCUT2D eigenvalue weighted by atomic mass is 35.5. The first-order chi connectivity index (χ1) is 16.2. The minimum absolute atomic E-state index is 0.212. The van der Waals surface area contributed by atoms with Crippen molar-refractivity contribution >= 4 is 40.7 Å². The lowest BCUT2D eigenvalue weighted by Crippen LogP contribution is -2.25. The molecule has 0 fully saturated rings. The van der Waals surface area contributed by atoms with E-state index in [-0.39, 0.29) is 24.3 Å². The van der Waals surface area contributed by atoms with Gasteiger partial charge in [-0.1, -0.05) is 41.4 Å². The highest BCUT2D eigenvalue weighted by molar-refractivity contribution is 6.42. The number of halogens is 2. The number of carbonyl (C=O) groups excluding carboxylic acids is 2. The van der Waals surface area contributed by atoms with Crippen LogP contribution >= 0.6 is 23.2 Å². The summed E-state index contributed by atoms with van der Waals surface area (Å²) < 4.78 is 3.50. The Kier molecular flexibility index (Phi) is 6.86. The minimum Gasteiger partial charge on any atom is -0.348 e. The monoisotopic (exact) mass is 495 g/mol. The largest absolute Gasteiger partial charge is 0.348 e. The molecular formula is C25H23Cl2N5O2. The molecule has 1 aliphatic rings. The van der Waals surface area contributed by atoms with Crippen molar-refractivity contribution in [2.24, 2.45) is 12.0 Å². The maximum absolute atomic E-state index is 13.1. The van der Waals surface area contributed by atoms with Crippen molar-refractivity contribution in [2.45, 2.75) is 25.9 Å². The maximum atomic E-state index is 13.1. The predicted molar refractivity (Wildman–Crippen MR) is 132 cm³/mol. The van der Waals surface area contributed by atoms with Gasteiger partial charge < -0.3 is 14.5 Å². The van der Waals surface area contributed by atoms with E-state index >= 15 is 0 Å². The molecule has 0 aliphatic carbocycles. The maximum Gasteiger partial charge on any atom is 0.269 e. The quantitative estimate of drug-likeness (QED) is 0.535. The Morgan fingerprint density at radius 2 is 1.91 bits per heavy atom. The van der Waals surface area contributed by atoms with Gasteiger partial charge in [-0.2, -0.15) is 0 Å². The van der Waals surface area contributed by atoms with Crippen LogP contribution < -0.4 is 10.9 Å². The summed E-state index contributed by atoms with van der Waals surface area (Å²) in [6.07, 6.45) is 6.88. The van der Waals surface area contributed by atoms with Crippen molar-refractivity contribution in [1.82, 2.24) is 14.5 Å². The Hall–Kier alpha value is -3.42. The van der Waals surface area contributed by atoms with E-state index in [2.05, 4.69) is 10.3 Å². The lowest BCUT2D eigenvalue weighted by Gasteiger charge is -2.18. The van der Waals surface area contributed by atoms with Gasteiger partial charge in [-0.25, -0.2) is 4.99 Å². The molecule has 0 saturated carbocycles. The van der Waals surface area contributed by atoms with Gasteiger partial charge in [-0.15, -0.1) is 0 Å². The molecule has 1 aliphatic heterocycles. The van der Waals surface area contributed by atoms with Crippen LogP contribution in [0.25, 0.3) is 0 Å². The average Bonchev–Trinajstić information content (AvgIpc) is 3.11. The fourth-order valence-electron chi connectivity index (χ4n) is 3.85. The van der Waals surface area contributed by atoms with E-state index in [0.717, 1.165) is 16.7 Å². The number of hydrogen-bond acceptors (Lipinski definition) is 3. The number of dihydropyridines is 1. The number of aromatic nitrogens is 2. The molecule has 34 heavy (non-hydrogen) atoms. The first kappa shape index (κ1) is 23.7. The third-order valence-corrected chi connectivity index (χ3v) is 6.41. The zero-order chi connectivity index (χ0) is 24.4. The SMILES string of the molecule is CC1=NC(=O)C=CC1c1cc(Cn2ccn(C)c2=N)cc(C(=O)NCc2ccc(Cl)c(Cl)c2)c1. The van der Waals surface area contributed by atoms with Gasteiger partial charge in [0.25, 0.3) is 11.8 Å². The Labute approximate surface area is 206 Å². The zero-order valence-electron chi connectivity index (χ0n) is 18.7. The van der Waals surface area contributed by atoms with E-state index in [1.807, 2.05) is 36.7 Å². The summed E-state index contributed by atoms with van der Waals surface area (Å²) in [5, 5.41) is 12.0. The second kappa shape index (κ2) is 9.83. The molecule has 2 aromatic carbocycles. The molecule has 0 bridgehead atoms. The van der Waals surface area contributed by atoms with E-state index in [4.69, 9.17) is 28.6 Å². The molecule has 0 saturated heterocycles. The smallest absolute Gasteiger partial charge is 0.269 e. The number of nitrogens with zero attached hydrogens (tertiary/aromatic N) is 3. The number of imidazole rings is 1. The predicted octanol–water partition coefficient (Wildman–Crippen LogP) is 4.23. The molecule has 174 valence electrons. The van der Waals surface area contributed by atoms with Crippen molar-refractivity contribution in [3.05, 3.63) is 98.9 Å². The number of rotatable bonds is 6. The van der Waals surface area contributed by atoms with Gasteiger partial charge >= 0.3 is 0 Å². The number of hydrogen-bond donors (Lipinski definition) is 2. The summed E-state index contributed by atoms with van der Waals surface area (Å²) in [7, 11) is 1.81. The third-order valence-electron chi connectivity index (χ3n) is 5.67. The molecule has 2 N–H and O–H groups in total. The van der Waals surface area contributed by atoms with Crippen LogP contribution in [0.3, 0.4) is 0 Å². The van der Waals surface area contributed by atoms with Crippen molar-refractivity contribution in [2.75, 3.05) is 0 Å². The molecule has 0 spiro atoms. The summed E-state index contributed by atoms with van der Waals surface area (Å²) in [4.78, 5) is 28.8. The fraction of sp³-hybridized carbons (Fsp3) is 0.200. The molecule has 2 heterocycles. The van der Waals surface area contributed by atoms with Crippen LogP contribution in [0.15, 0.2) is 65.9 Å². The average molecular weight is 496 g/mol. The second-order valence-corrected chi connectivity index (χ2v) is 9.00. The Morgan fingerprint density at radius 3 is 2.59 bits per heavy atom. The summed E-state index contributed by atoms with van der Waals surface area (Å²) in [5.41, 5.74) is 4.03. The second-order valence-electron chi connectivity index (χ2n) is 8.18. The number of allylic oxidation sites excluding steroid dienone is 1. The summed E-state index contributed by atoms with van der Waals surface area (Å²) in [5.74, 6) is -0.748. The minimum atomic E-state index is -0.289. The van der Waals surface area contributed by atoms with Gasteiger partial charge in [0.2, 0.25) is 5.62 Å². The fourth-order valence-corrected chi connectivity index (χ4v) is 4.17. The number of amides is 2. The Morgan fingerprint density at radius 1 is 1.12 bits per heavy atom. The highest BCUT2D eigenvalue weighted by Gasteiger charge is 2.20. The van der Waals surface area contributed by atoms with E-state index in [1.165, 1.54) is 6.08 Å². The lowest BCUT2D eigenvalue weighted by atomic mass is 9.90. The molecule has 2 amide bonds. The Bertz CT molecular complexity index is 1400. The van der Waals surface area contributed by atoms with Crippen LogP contribution in [0.5, 0.6) is 0 Å². The van der Waals surface area contributed by atoms with Crippen molar-refractivity contribution in [1.29, 1.82) is 5.41 Å². The van der Waals surface area contributed by atoms with Crippen LogP contribution in [-0.4, -0.2) is 26.7 Å². The molecule has 1 aromatic heterocycles. The topological polar surface area (TPSA) is 92.2 Å². The molecule has 9 heteroatoms. The summed E-state index contributed by atoms with van der Waals surface area (Å²) >= 11 is 12.1. The number of nitrogens with one attached hydrogen (secondary N) is 2. The first-order valence-corrected chi connectivity index (χ1v) is 11.4. The number of aliphatic imine (C=N–C) groups is 1. The molecule has 4 rings (SSSR count). The molecule has 1 atom stereocenters. The van der Waals surface area contributed by atoms with Gasteiger partial charge in [0.05, 0.1) is 16.6 Å². The van der Waals surface area contributed by atoms with Gasteiger partial charge in [-0.05, 0) is 47.9 Å². The molecule has 1 unspecified atom stereocenters. The summed E-state index contributed by atoms with van der Waals surface area (Å²) in [6.45, 7) is 2.51. The lowest BCUT2D eigenvalue weighted by molar-refractivity contribution is -0.113. The van der Waals surface area contributed by atoms with E-state index in [9.17, 15) is 9.59 Å². The van der Waals surface area contributed by atoms with Crippen LogP contribution in [0.1, 0.15) is 39.9 Å². The normalized spacial score (nSPS) is 15.4. The van der Waals surface area contributed by atoms with Crippen LogP contribution in [-0.2, 0) is 24.9 Å². The van der Waals surface area contributed by atoms with Gasteiger partial charge in [0.1, 0.15) is 0 Å². The molecule has 3 aromatic rings. The van der Waals surface area contributed by atoms with E-state index in [0.29, 0.717) is 33.5 Å². The van der Waals surface area contributed by atoms with E-state index in [1.54, 1.807) is 41.3 Å². The van der Waals surface area contributed by atoms with Crippen LogP contribution in [0.2, 0.25) is 10.0 Å². The van der Waals surface area contributed by atoms with Crippen molar-refractivity contribution < 1.29 is 9.59 Å². The first-order valence-electron chi connectivity index (χ1n) is 10.6. The number of carbonyl (C=O) groups is 2. The van der Waals surface area contributed by atoms with Crippen LogP contribution in [0, 0.1) is 5.41 Å². The Balaban J connectivity index is 1.65. The summed E-state index contributed by atoms with van der Waals surface area (Å²) in [6, 6.07) is 10.8. The third kappa shape index (κ3) is 5.21. The molecule has 0 radical (unpaired) electrons. The van der Waals surface area contributed by atoms with E-state index < -0.39 is 0 Å². The van der Waals surface area contributed by atoms with Gasteiger partial charge in [-0.3, -0.25) is 15.0 Å². The van der Waals surface area contributed by atoms with Crippen molar-refractivity contribution in [3.63, 3.8) is 0 Å². The standard InChI is InChI=1S/C25H23Cl2N5O2/c1-15-20(4-6-23(33)30-15)18-9-17(14-32-8-7-31(2)25(32)28)10-19(12-18)24(34)29-13-16-3-5-21(26)22(27)11-16/h3-12,20,28H,13-14H2,1-2H3,(H,29,34). The highest BCUT2D eigenvalue weighted by Crippen LogP contribution is 2.26. The van der Waals surface area contributed by atoms with Crippen LogP contribution in [0.4, 0.5) is 0 Å². The number of benzene rings is 2.